The molecule has 1 saturated carbocycles. The Morgan fingerprint density at radius 2 is 2.10 bits per heavy atom. The molecule has 5 nitrogen and oxygen atoms in total. The number of benzene rings is 1. The third-order valence-electron chi connectivity index (χ3n) is 4.41. The lowest BCUT2D eigenvalue weighted by Gasteiger charge is -2.33. The first kappa shape index (κ1) is 15.3. The summed E-state index contributed by atoms with van der Waals surface area (Å²) in [6.45, 7) is 2.21. The van der Waals surface area contributed by atoms with E-state index in [1.165, 1.54) is 13.2 Å². The maximum absolute atomic E-state index is 11.0. The molecule has 1 aromatic rings. The van der Waals surface area contributed by atoms with Gasteiger partial charge in [-0.25, -0.2) is 0 Å². The number of non-ortho nitro benzene ring substituents is 1. The Bertz CT molecular complexity index is 569. The highest BCUT2D eigenvalue weighted by Crippen LogP contribution is 2.41. The fourth-order valence-corrected chi connectivity index (χ4v) is 3.00. The molecule has 0 unspecified atom stereocenters. The lowest BCUT2D eigenvalue weighted by Crippen LogP contribution is -2.27. The fraction of sp³-hybridized carbons (Fsp3) is 0.562. The minimum Gasteiger partial charge on any atom is -0.496 e. The molecule has 0 bridgehead atoms. The van der Waals surface area contributed by atoms with Crippen molar-refractivity contribution in [3.8, 4) is 11.8 Å². The highest BCUT2D eigenvalue weighted by molar-refractivity contribution is 5.43. The minimum atomic E-state index is -0.423. The average Bonchev–Trinajstić information content (AvgIpc) is 2.49. The van der Waals surface area contributed by atoms with Gasteiger partial charge in [0.05, 0.1) is 29.6 Å². The first-order valence-electron chi connectivity index (χ1n) is 7.21. The first-order valence-corrected chi connectivity index (χ1v) is 7.21. The molecular formula is C16H20N2O3. The van der Waals surface area contributed by atoms with Crippen LogP contribution in [0.1, 0.15) is 38.2 Å². The molecule has 1 aliphatic rings. The van der Waals surface area contributed by atoms with Crippen LogP contribution in [-0.2, 0) is 6.42 Å². The van der Waals surface area contributed by atoms with Gasteiger partial charge in [-0.2, -0.15) is 5.26 Å². The second kappa shape index (κ2) is 6.13. The molecule has 0 spiro atoms. The van der Waals surface area contributed by atoms with Gasteiger partial charge in [-0.3, -0.25) is 10.1 Å². The second-order valence-corrected chi connectivity index (χ2v) is 6.05. The number of nitrogens with zero attached hydrogens (tertiary/aromatic N) is 2. The van der Waals surface area contributed by atoms with Crippen molar-refractivity contribution < 1.29 is 9.66 Å². The number of nitro groups is 1. The molecule has 0 amide bonds. The smallest absolute Gasteiger partial charge is 0.273 e. The Labute approximate surface area is 124 Å². The van der Waals surface area contributed by atoms with Crippen LogP contribution in [0.15, 0.2) is 18.2 Å². The number of methoxy groups -OCH3 is 1. The molecule has 0 aromatic heterocycles. The average molecular weight is 288 g/mol. The summed E-state index contributed by atoms with van der Waals surface area (Å²) in [6.07, 6.45) is 4.35. The summed E-state index contributed by atoms with van der Waals surface area (Å²) in [5.74, 6) is 1.13. The van der Waals surface area contributed by atoms with Crippen molar-refractivity contribution in [2.45, 2.75) is 39.0 Å². The van der Waals surface area contributed by atoms with E-state index >= 15 is 0 Å². The van der Waals surface area contributed by atoms with E-state index in [2.05, 4.69) is 13.0 Å². The summed E-state index contributed by atoms with van der Waals surface area (Å²) >= 11 is 0. The number of hydrogen-bond donors (Lipinski definition) is 0. The van der Waals surface area contributed by atoms with Crippen molar-refractivity contribution in [2.75, 3.05) is 7.11 Å². The summed E-state index contributed by atoms with van der Waals surface area (Å²) in [7, 11) is 1.49. The van der Waals surface area contributed by atoms with Crippen LogP contribution in [0, 0.1) is 32.8 Å². The van der Waals surface area contributed by atoms with Crippen LogP contribution < -0.4 is 4.74 Å². The van der Waals surface area contributed by atoms with Crippen LogP contribution in [0.3, 0.4) is 0 Å². The topological polar surface area (TPSA) is 76.2 Å². The van der Waals surface area contributed by atoms with Crippen molar-refractivity contribution in [1.29, 1.82) is 5.26 Å². The minimum absolute atomic E-state index is 0.0154. The Kier molecular flexibility index (Phi) is 4.46. The molecule has 0 radical (unpaired) electrons. The maximum Gasteiger partial charge on any atom is 0.273 e. The standard InChI is InChI=1S/C16H20N2O3/c1-12-3-5-16(11-17,6-4-12)10-13-7-14(18(19)20)9-15(8-13)21-2/h7-9,12H,3-6,10H2,1-2H3. The molecule has 21 heavy (non-hydrogen) atoms. The monoisotopic (exact) mass is 288 g/mol. The molecule has 112 valence electrons. The van der Waals surface area contributed by atoms with Crippen LogP contribution in [-0.4, -0.2) is 12.0 Å². The summed E-state index contributed by atoms with van der Waals surface area (Å²) in [5.41, 5.74) is 0.422. The molecule has 0 atom stereocenters. The normalized spacial score (nSPS) is 25.1. The lowest BCUT2D eigenvalue weighted by atomic mass is 9.69. The summed E-state index contributed by atoms with van der Waals surface area (Å²) in [5, 5.41) is 20.6. The molecule has 0 N–H and O–H groups in total. The maximum atomic E-state index is 11.0. The first-order chi connectivity index (χ1) is 9.98. The third-order valence-corrected chi connectivity index (χ3v) is 4.41. The fourth-order valence-electron chi connectivity index (χ4n) is 3.00. The molecule has 1 fully saturated rings. The number of rotatable bonds is 4. The number of nitriles is 1. The van der Waals surface area contributed by atoms with E-state index in [1.807, 2.05) is 0 Å². The van der Waals surface area contributed by atoms with Crippen molar-refractivity contribution in [3.63, 3.8) is 0 Å². The van der Waals surface area contributed by atoms with Gasteiger partial charge in [-0.05, 0) is 49.7 Å². The van der Waals surface area contributed by atoms with Gasteiger partial charge >= 0.3 is 0 Å². The molecule has 0 heterocycles. The van der Waals surface area contributed by atoms with Crippen LogP contribution in [0.5, 0.6) is 5.75 Å². The van der Waals surface area contributed by atoms with E-state index in [0.29, 0.717) is 18.1 Å². The zero-order valence-electron chi connectivity index (χ0n) is 12.5. The van der Waals surface area contributed by atoms with E-state index in [4.69, 9.17) is 4.74 Å². The summed E-state index contributed by atoms with van der Waals surface area (Å²) < 4.78 is 5.13. The molecule has 1 aliphatic carbocycles. The number of nitro benzene ring substituents is 1. The van der Waals surface area contributed by atoms with E-state index in [0.717, 1.165) is 31.2 Å². The van der Waals surface area contributed by atoms with E-state index in [-0.39, 0.29) is 5.69 Å². The molecule has 5 heteroatoms. The van der Waals surface area contributed by atoms with Crippen LogP contribution in [0.4, 0.5) is 5.69 Å². The molecule has 1 aromatic carbocycles. The van der Waals surface area contributed by atoms with Gasteiger partial charge in [0.15, 0.2) is 0 Å². The van der Waals surface area contributed by atoms with Gasteiger partial charge in [0.25, 0.3) is 5.69 Å². The lowest BCUT2D eigenvalue weighted by molar-refractivity contribution is -0.385. The quantitative estimate of drug-likeness (QED) is 0.622. The third kappa shape index (κ3) is 3.52. The van der Waals surface area contributed by atoms with Crippen molar-refractivity contribution in [3.05, 3.63) is 33.9 Å². The molecule has 2 rings (SSSR count). The molecule has 0 saturated heterocycles. The molecule has 0 aliphatic heterocycles. The van der Waals surface area contributed by atoms with Gasteiger partial charge in [-0.15, -0.1) is 0 Å². The highest BCUT2D eigenvalue weighted by atomic mass is 16.6. The van der Waals surface area contributed by atoms with E-state index in [1.54, 1.807) is 12.1 Å². The van der Waals surface area contributed by atoms with Crippen molar-refractivity contribution >= 4 is 5.69 Å². The Hall–Kier alpha value is -2.09. The largest absolute Gasteiger partial charge is 0.496 e. The Morgan fingerprint density at radius 1 is 1.43 bits per heavy atom. The highest BCUT2D eigenvalue weighted by Gasteiger charge is 2.34. The van der Waals surface area contributed by atoms with Crippen molar-refractivity contribution in [1.82, 2.24) is 0 Å². The predicted octanol–water partition coefficient (Wildman–Crippen LogP) is 3.87. The van der Waals surface area contributed by atoms with Gasteiger partial charge in [0.1, 0.15) is 5.75 Å². The molecular weight excluding hydrogens is 268 g/mol. The van der Waals surface area contributed by atoms with Crippen LogP contribution in [0.25, 0.3) is 0 Å². The Morgan fingerprint density at radius 3 is 2.62 bits per heavy atom. The second-order valence-electron chi connectivity index (χ2n) is 6.05. The van der Waals surface area contributed by atoms with Crippen LogP contribution in [0.2, 0.25) is 0 Å². The number of ether oxygens (including phenoxy) is 1. The van der Waals surface area contributed by atoms with Gasteiger partial charge < -0.3 is 4.74 Å². The van der Waals surface area contributed by atoms with E-state index in [9.17, 15) is 15.4 Å². The van der Waals surface area contributed by atoms with E-state index < -0.39 is 10.3 Å². The van der Waals surface area contributed by atoms with Crippen molar-refractivity contribution in [2.24, 2.45) is 11.3 Å². The number of hydrogen-bond acceptors (Lipinski definition) is 4. The predicted molar refractivity (Wildman–Crippen MR) is 79.0 cm³/mol. The summed E-state index contributed by atoms with van der Waals surface area (Å²) in [6, 6.07) is 7.22. The SMILES string of the molecule is COc1cc(CC2(C#N)CCC(C)CC2)cc([N+](=O)[O-])c1. The zero-order chi connectivity index (χ0) is 15.5. The van der Waals surface area contributed by atoms with Gasteiger partial charge in [0, 0.05) is 6.07 Å². The van der Waals surface area contributed by atoms with Gasteiger partial charge in [-0.1, -0.05) is 6.92 Å². The Balaban J connectivity index is 2.27. The zero-order valence-corrected chi connectivity index (χ0v) is 12.5. The van der Waals surface area contributed by atoms with Crippen LogP contribution >= 0.6 is 0 Å². The summed E-state index contributed by atoms with van der Waals surface area (Å²) in [4.78, 5) is 10.6. The van der Waals surface area contributed by atoms with Gasteiger partial charge in [0.2, 0.25) is 0 Å².